The van der Waals surface area contributed by atoms with Gasteiger partial charge in [-0.25, -0.2) is 8.42 Å². The number of nitrogens with one attached hydrogen (secondary N) is 1. The van der Waals surface area contributed by atoms with Crippen molar-refractivity contribution in [3.8, 4) is 0 Å². The Morgan fingerprint density at radius 2 is 1.54 bits per heavy atom. The van der Waals surface area contributed by atoms with Crippen LogP contribution in [0.15, 0.2) is 77.7 Å². The van der Waals surface area contributed by atoms with Crippen molar-refractivity contribution in [1.82, 2.24) is 10.2 Å². The maximum atomic E-state index is 14.0. The molecule has 0 heterocycles. The number of nitrogens with zero attached hydrogens (tertiary/aromatic N) is 2. The van der Waals surface area contributed by atoms with Crippen LogP contribution < -0.4 is 9.62 Å². The number of unbranched alkanes of at least 4 members (excludes halogenated alkanes) is 1. The second-order valence-corrected chi connectivity index (χ2v) is 11.8. The molecular formula is C29H33Cl2N3O4S. The van der Waals surface area contributed by atoms with Crippen LogP contribution in [0.5, 0.6) is 0 Å². The lowest BCUT2D eigenvalue weighted by Gasteiger charge is -2.32. The van der Waals surface area contributed by atoms with Gasteiger partial charge in [0.05, 0.1) is 10.6 Å². The minimum atomic E-state index is -4.12. The van der Waals surface area contributed by atoms with E-state index in [1.807, 2.05) is 6.92 Å². The average Bonchev–Trinajstić information content (AvgIpc) is 2.92. The van der Waals surface area contributed by atoms with E-state index in [0.717, 1.165) is 17.1 Å². The van der Waals surface area contributed by atoms with Crippen molar-refractivity contribution in [2.75, 3.05) is 17.4 Å². The van der Waals surface area contributed by atoms with Gasteiger partial charge < -0.3 is 10.2 Å². The Kier molecular flexibility index (Phi) is 10.8. The fourth-order valence-corrected chi connectivity index (χ4v) is 6.07. The van der Waals surface area contributed by atoms with Crippen molar-refractivity contribution in [1.29, 1.82) is 0 Å². The molecule has 0 spiro atoms. The van der Waals surface area contributed by atoms with Crippen LogP contribution in [0.25, 0.3) is 0 Å². The molecule has 0 saturated carbocycles. The van der Waals surface area contributed by atoms with Crippen LogP contribution in [-0.2, 0) is 26.2 Å². The van der Waals surface area contributed by atoms with Gasteiger partial charge in [0.25, 0.3) is 10.0 Å². The molecule has 0 radical (unpaired) electrons. The molecule has 1 N–H and O–H groups in total. The summed E-state index contributed by atoms with van der Waals surface area (Å²) < 4.78 is 28.7. The molecule has 0 bridgehead atoms. The Labute approximate surface area is 240 Å². The molecule has 1 unspecified atom stereocenters. The van der Waals surface area contributed by atoms with Gasteiger partial charge in [-0.2, -0.15) is 0 Å². The molecule has 0 aromatic heterocycles. The fourth-order valence-electron chi connectivity index (χ4n) is 4.05. The van der Waals surface area contributed by atoms with E-state index in [9.17, 15) is 18.0 Å². The molecular weight excluding hydrogens is 557 g/mol. The van der Waals surface area contributed by atoms with Crippen molar-refractivity contribution >= 4 is 50.7 Å². The second kappa shape index (κ2) is 13.8. The van der Waals surface area contributed by atoms with E-state index in [1.165, 1.54) is 17.0 Å². The van der Waals surface area contributed by atoms with Gasteiger partial charge in [0.1, 0.15) is 12.6 Å². The number of anilines is 1. The third kappa shape index (κ3) is 7.53. The highest BCUT2D eigenvalue weighted by atomic mass is 35.5. The Morgan fingerprint density at radius 3 is 2.15 bits per heavy atom. The summed E-state index contributed by atoms with van der Waals surface area (Å²) in [4.78, 5) is 28.4. The third-order valence-corrected chi connectivity index (χ3v) is 8.86. The third-order valence-electron chi connectivity index (χ3n) is 6.38. The quantitative estimate of drug-likeness (QED) is 0.269. The number of para-hydroxylation sites is 1. The highest BCUT2D eigenvalue weighted by molar-refractivity contribution is 7.92. The van der Waals surface area contributed by atoms with E-state index in [1.54, 1.807) is 74.5 Å². The number of carbonyl (C=O) groups is 2. The van der Waals surface area contributed by atoms with Crippen LogP contribution in [0.4, 0.5) is 5.69 Å². The first-order valence-corrected chi connectivity index (χ1v) is 14.9. The number of amides is 2. The first-order valence-electron chi connectivity index (χ1n) is 12.7. The Hall–Kier alpha value is -3.07. The number of hydrogen-bond acceptors (Lipinski definition) is 4. The number of aryl methyl sites for hydroxylation is 1. The molecule has 39 heavy (non-hydrogen) atoms. The zero-order valence-electron chi connectivity index (χ0n) is 22.2. The van der Waals surface area contributed by atoms with Crippen LogP contribution in [0, 0.1) is 6.92 Å². The standard InChI is InChI=1S/C29H33Cl2N3O4S/c1-4-5-18-32-29(36)22(3)33(19-24-25(30)15-11-16-26(24)31)28(35)20-34(27-17-10-9-12-21(27)2)39(37,38)23-13-7-6-8-14-23/h6-17,22H,4-5,18-20H2,1-3H3,(H,32,36). The number of hydrogen-bond donors (Lipinski definition) is 1. The highest BCUT2D eigenvalue weighted by Gasteiger charge is 2.33. The van der Waals surface area contributed by atoms with E-state index in [2.05, 4.69) is 5.32 Å². The molecule has 3 aromatic carbocycles. The lowest BCUT2D eigenvalue weighted by molar-refractivity contribution is -0.139. The minimum absolute atomic E-state index is 0.0482. The van der Waals surface area contributed by atoms with E-state index in [-0.39, 0.29) is 17.3 Å². The van der Waals surface area contributed by atoms with Gasteiger partial charge in [0, 0.05) is 28.7 Å². The summed E-state index contributed by atoms with van der Waals surface area (Å²) in [6.07, 6.45) is 1.69. The van der Waals surface area contributed by atoms with Gasteiger partial charge in [-0.3, -0.25) is 13.9 Å². The monoisotopic (exact) mass is 589 g/mol. The summed E-state index contributed by atoms with van der Waals surface area (Å²) >= 11 is 12.8. The molecule has 3 aromatic rings. The summed E-state index contributed by atoms with van der Waals surface area (Å²) in [7, 11) is -4.12. The first-order chi connectivity index (χ1) is 18.6. The first kappa shape index (κ1) is 30.5. The molecule has 0 aliphatic carbocycles. The maximum Gasteiger partial charge on any atom is 0.264 e. The van der Waals surface area contributed by atoms with Crippen molar-refractivity contribution < 1.29 is 18.0 Å². The lowest BCUT2D eigenvalue weighted by Crippen LogP contribution is -2.51. The van der Waals surface area contributed by atoms with Crippen molar-refractivity contribution in [3.63, 3.8) is 0 Å². The highest BCUT2D eigenvalue weighted by Crippen LogP contribution is 2.29. The van der Waals surface area contributed by atoms with E-state index < -0.39 is 28.5 Å². The number of rotatable bonds is 12. The molecule has 0 aliphatic rings. The molecule has 208 valence electrons. The fraction of sp³-hybridized carbons (Fsp3) is 0.310. The van der Waals surface area contributed by atoms with Gasteiger partial charge in [-0.05, 0) is 56.2 Å². The number of carbonyl (C=O) groups excluding carboxylic acids is 2. The Morgan fingerprint density at radius 1 is 0.923 bits per heavy atom. The summed E-state index contributed by atoms with van der Waals surface area (Å²) in [6, 6.07) is 18.9. The smallest absolute Gasteiger partial charge is 0.264 e. The number of benzene rings is 3. The minimum Gasteiger partial charge on any atom is -0.354 e. The molecule has 1 atom stereocenters. The van der Waals surface area contributed by atoms with Gasteiger partial charge >= 0.3 is 0 Å². The van der Waals surface area contributed by atoms with Gasteiger partial charge in [-0.1, -0.05) is 79.0 Å². The van der Waals surface area contributed by atoms with Gasteiger partial charge in [0.2, 0.25) is 11.8 Å². The molecule has 0 saturated heterocycles. The predicted octanol–water partition coefficient (Wildman–Crippen LogP) is 5.83. The van der Waals surface area contributed by atoms with Crippen molar-refractivity contribution in [2.24, 2.45) is 0 Å². The number of halogens is 2. The molecule has 0 fully saturated rings. The van der Waals surface area contributed by atoms with Crippen LogP contribution in [-0.4, -0.2) is 44.3 Å². The summed E-state index contributed by atoms with van der Waals surface area (Å²) in [6.45, 7) is 5.25. The van der Waals surface area contributed by atoms with Crippen LogP contribution in [0.3, 0.4) is 0 Å². The average molecular weight is 591 g/mol. The number of sulfonamides is 1. The Bertz CT molecular complexity index is 1380. The van der Waals surface area contributed by atoms with Gasteiger partial charge in [0.15, 0.2) is 0 Å². The molecule has 3 rings (SSSR count). The second-order valence-electron chi connectivity index (χ2n) is 9.15. The molecule has 0 aliphatic heterocycles. The van der Waals surface area contributed by atoms with Crippen LogP contribution >= 0.6 is 23.2 Å². The molecule has 10 heteroatoms. The normalized spacial score (nSPS) is 12.0. The molecule has 7 nitrogen and oxygen atoms in total. The molecule has 2 amide bonds. The van der Waals surface area contributed by atoms with Crippen molar-refractivity contribution in [3.05, 3.63) is 94.0 Å². The summed E-state index contributed by atoms with van der Waals surface area (Å²) in [5, 5.41) is 3.53. The Balaban J connectivity index is 2.04. The maximum absolute atomic E-state index is 14.0. The van der Waals surface area contributed by atoms with E-state index in [4.69, 9.17) is 23.2 Å². The largest absolute Gasteiger partial charge is 0.354 e. The predicted molar refractivity (Wildman–Crippen MR) is 157 cm³/mol. The summed E-state index contributed by atoms with van der Waals surface area (Å²) in [5.74, 6) is -0.930. The topological polar surface area (TPSA) is 86.8 Å². The SMILES string of the molecule is CCCCNC(=O)C(C)N(Cc1c(Cl)cccc1Cl)C(=O)CN(c1ccccc1C)S(=O)(=O)c1ccccc1. The van der Waals surface area contributed by atoms with Crippen LogP contribution in [0.1, 0.15) is 37.8 Å². The van der Waals surface area contributed by atoms with E-state index >= 15 is 0 Å². The summed E-state index contributed by atoms with van der Waals surface area (Å²) in [5.41, 5.74) is 1.51. The lowest BCUT2D eigenvalue weighted by atomic mass is 10.1. The van der Waals surface area contributed by atoms with Crippen LogP contribution in [0.2, 0.25) is 10.0 Å². The van der Waals surface area contributed by atoms with Crippen molar-refractivity contribution in [2.45, 2.75) is 51.1 Å². The zero-order valence-corrected chi connectivity index (χ0v) is 24.6. The zero-order chi connectivity index (χ0) is 28.6. The van der Waals surface area contributed by atoms with E-state index in [0.29, 0.717) is 33.4 Å². The van der Waals surface area contributed by atoms with Gasteiger partial charge in [-0.15, -0.1) is 0 Å².